The topological polar surface area (TPSA) is 90.7 Å². The van der Waals surface area contributed by atoms with Crippen LogP contribution in [0.5, 0.6) is 11.5 Å². The lowest BCUT2D eigenvalue weighted by atomic mass is 9.87. The average Bonchev–Trinajstić information content (AvgIpc) is 2.59. The van der Waals surface area contributed by atoms with E-state index in [9.17, 15) is 14.9 Å². The summed E-state index contributed by atoms with van der Waals surface area (Å²) in [4.78, 5) is 22.6. The minimum atomic E-state index is -0.542. The summed E-state index contributed by atoms with van der Waals surface area (Å²) < 4.78 is 11.4. The second-order valence-electron chi connectivity index (χ2n) is 6.87. The van der Waals surface area contributed by atoms with E-state index in [1.807, 2.05) is 12.1 Å². The van der Waals surface area contributed by atoms with Crippen LogP contribution in [0.25, 0.3) is 0 Å². The van der Waals surface area contributed by atoms with Crippen molar-refractivity contribution in [2.45, 2.75) is 26.2 Å². The average molecular weight is 437 g/mol. The first-order chi connectivity index (χ1) is 12.6. The highest BCUT2D eigenvalue weighted by atomic mass is 79.9. The maximum atomic E-state index is 12.2. The van der Waals surface area contributed by atoms with Crippen molar-refractivity contribution in [1.82, 2.24) is 0 Å². The van der Waals surface area contributed by atoms with Crippen LogP contribution < -0.4 is 14.8 Å². The number of hydrogen-bond acceptors (Lipinski definition) is 5. The normalized spacial score (nSPS) is 11.0. The first kappa shape index (κ1) is 20.7. The zero-order chi connectivity index (χ0) is 20.2. The molecule has 0 heterocycles. The first-order valence-electron chi connectivity index (χ1n) is 8.17. The molecule has 0 fully saturated rings. The summed E-state index contributed by atoms with van der Waals surface area (Å²) in [5.74, 6) is 0.398. The van der Waals surface area contributed by atoms with Crippen LogP contribution in [0.2, 0.25) is 0 Å². The summed E-state index contributed by atoms with van der Waals surface area (Å²) in [7, 11) is 1.42. The van der Waals surface area contributed by atoms with Crippen LogP contribution in [-0.2, 0) is 10.2 Å². The summed E-state index contributed by atoms with van der Waals surface area (Å²) in [6, 6.07) is 9.67. The largest absolute Gasteiger partial charge is 0.495 e. The van der Waals surface area contributed by atoms with Crippen LogP contribution in [0.15, 0.2) is 40.9 Å². The highest BCUT2D eigenvalue weighted by molar-refractivity contribution is 9.10. The van der Waals surface area contributed by atoms with Gasteiger partial charge in [-0.15, -0.1) is 0 Å². The van der Waals surface area contributed by atoms with Crippen LogP contribution >= 0.6 is 15.9 Å². The molecule has 8 heteroatoms. The molecule has 0 aliphatic carbocycles. The summed E-state index contributed by atoms with van der Waals surface area (Å²) in [6.45, 7) is 6.07. The molecule has 27 heavy (non-hydrogen) atoms. The predicted molar refractivity (Wildman–Crippen MR) is 107 cm³/mol. The van der Waals surface area contributed by atoms with E-state index in [1.54, 1.807) is 6.07 Å². The molecule has 7 nitrogen and oxygen atoms in total. The Bertz CT molecular complexity index is 862. The minimum absolute atomic E-state index is 0.00297. The number of ether oxygens (including phenoxy) is 2. The summed E-state index contributed by atoms with van der Waals surface area (Å²) in [6.07, 6.45) is 0. The molecule has 0 aliphatic heterocycles. The molecule has 0 aliphatic rings. The molecule has 0 saturated carbocycles. The van der Waals surface area contributed by atoms with E-state index >= 15 is 0 Å². The van der Waals surface area contributed by atoms with E-state index in [4.69, 9.17) is 9.47 Å². The fourth-order valence-electron chi connectivity index (χ4n) is 2.32. The molecule has 0 atom stereocenters. The Labute approximate surface area is 166 Å². The fraction of sp³-hybridized carbons (Fsp3) is 0.316. The summed E-state index contributed by atoms with van der Waals surface area (Å²) >= 11 is 3.45. The molecule has 0 radical (unpaired) electrons. The molecule has 2 aromatic carbocycles. The van der Waals surface area contributed by atoms with Gasteiger partial charge in [-0.25, -0.2) is 0 Å². The fourth-order valence-corrected chi connectivity index (χ4v) is 2.81. The molecule has 0 bridgehead atoms. The van der Waals surface area contributed by atoms with Gasteiger partial charge >= 0.3 is 0 Å². The van der Waals surface area contributed by atoms with Crippen molar-refractivity contribution in [3.05, 3.63) is 56.5 Å². The second kappa shape index (κ2) is 8.39. The standard InChI is InChI=1S/C19H21BrN2O5/c1-19(2,3)12-5-7-16(14(20)9-12)27-11-18(23)21-15-10-13(22(24)25)6-8-17(15)26-4/h5-10H,11H2,1-4H3,(H,21,23). The zero-order valence-electron chi connectivity index (χ0n) is 15.5. The van der Waals surface area contributed by atoms with Gasteiger partial charge in [-0.3, -0.25) is 14.9 Å². The van der Waals surface area contributed by atoms with Crippen molar-refractivity contribution in [3.63, 3.8) is 0 Å². The number of methoxy groups -OCH3 is 1. The molecule has 0 aromatic heterocycles. The van der Waals surface area contributed by atoms with Crippen LogP contribution in [0.1, 0.15) is 26.3 Å². The monoisotopic (exact) mass is 436 g/mol. The number of nitrogens with zero attached hydrogens (tertiary/aromatic N) is 1. The Morgan fingerprint density at radius 2 is 1.85 bits per heavy atom. The molecular formula is C19H21BrN2O5. The van der Waals surface area contributed by atoms with Gasteiger partial charge in [0.05, 0.1) is 22.2 Å². The van der Waals surface area contributed by atoms with Crippen LogP contribution in [-0.4, -0.2) is 24.5 Å². The number of benzene rings is 2. The molecular weight excluding hydrogens is 416 g/mol. The lowest BCUT2D eigenvalue weighted by Gasteiger charge is -2.20. The number of carbonyl (C=O) groups excluding carboxylic acids is 1. The summed E-state index contributed by atoms with van der Waals surface area (Å²) in [5.41, 5.74) is 1.19. The van der Waals surface area contributed by atoms with Crippen LogP contribution in [0.4, 0.5) is 11.4 Å². The van der Waals surface area contributed by atoms with Gasteiger partial charge in [0.25, 0.3) is 11.6 Å². The van der Waals surface area contributed by atoms with E-state index in [-0.39, 0.29) is 23.4 Å². The van der Waals surface area contributed by atoms with Crippen molar-refractivity contribution in [2.75, 3.05) is 19.0 Å². The molecule has 2 rings (SSSR count). The van der Waals surface area contributed by atoms with Crippen molar-refractivity contribution in [2.24, 2.45) is 0 Å². The molecule has 144 valence electrons. The number of carbonyl (C=O) groups is 1. The molecule has 2 aromatic rings. The number of amides is 1. The van der Waals surface area contributed by atoms with E-state index in [1.165, 1.54) is 25.3 Å². The number of rotatable bonds is 6. The highest BCUT2D eigenvalue weighted by Gasteiger charge is 2.17. The van der Waals surface area contributed by atoms with Gasteiger partial charge in [0.15, 0.2) is 6.61 Å². The molecule has 0 unspecified atom stereocenters. The lowest BCUT2D eigenvalue weighted by molar-refractivity contribution is -0.384. The number of halogens is 1. The quantitative estimate of drug-likeness (QED) is 0.524. The van der Waals surface area contributed by atoms with Gasteiger partial charge < -0.3 is 14.8 Å². The second-order valence-corrected chi connectivity index (χ2v) is 7.73. The van der Waals surface area contributed by atoms with E-state index in [0.717, 1.165) is 10.0 Å². The Balaban J connectivity index is 2.07. The maximum absolute atomic E-state index is 12.2. The van der Waals surface area contributed by atoms with Gasteiger partial charge in [0.1, 0.15) is 11.5 Å². The van der Waals surface area contributed by atoms with Gasteiger partial charge in [0.2, 0.25) is 0 Å². The van der Waals surface area contributed by atoms with E-state index in [2.05, 4.69) is 42.0 Å². The van der Waals surface area contributed by atoms with Crippen LogP contribution in [0.3, 0.4) is 0 Å². The highest BCUT2D eigenvalue weighted by Crippen LogP contribution is 2.32. The SMILES string of the molecule is COc1ccc([N+](=O)[O-])cc1NC(=O)COc1ccc(C(C)(C)C)cc1Br. The summed E-state index contributed by atoms with van der Waals surface area (Å²) in [5, 5.41) is 13.5. The number of nitrogens with one attached hydrogen (secondary N) is 1. The number of nitro benzene ring substituents is 1. The molecule has 1 N–H and O–H groups in total. The van der Waals surface area contributed by atoms with Crippen molar-refractivity contribution >= 4 is 33.2 Å². The predicted octanol–water partition coefficient (Wildman–Crippen LogP) is 4.68. The minimum Gasteiger partial charge on any atom is -0.495 e. The number of non-ortho nitro benzene ring substituents is 1. The van der Waals surface area contributed by atoms with E-state index in [0.29, 0.717) is 11.5 Å². The van der Waals surface area contributed by atoms with Crippen molar-refractivity contribution in [3.8, 4) is 11.5 Å². The zero-order valence-corrected chi connectivity index (χ0v) is 17.1. The number of hydrogen-bond donors (Lipinski definition) is 1. The Kier molecular flexibility index (Phi) is 6.43. The van der Waals surface area contributed by atoms with Gasteiger partial charge in [-0.05, 0) is 45.1 Å². The van der Waals surface area contributed by atoms with E-state index < -0.39 is 10.8 Å². The smallest absolute Gasteiger partial charge is 0.271 e. The third kappa shape index (κ3) is 5.43. The number of nitro groups is 1. The van der Waals surface area contributed by atoms with Gasteiger partial charge in [0, 0.05) is 12.1 Å². The van der Waals surface area contributed by atoms with Crippen molar-refractivity contribution in [1.29, 1.82) is 0 Å². The molecule has 0 spiro atoms. The Hall–Kier alpha value is -2.61. The van der Waals surface area contributed by atoms with Gasteiger partial charge in [-0.1, -0.05) is 26.8 Å². The van der Waals surface area contributed by atoms with Gasteiger partial charge in [-0.2, -0.15) is 0 Å². The third-order valence-corrected chi connectivity index (χ3v) is 4.44. The van der Waals surface area contributed by atoms with Crippen LogP contribution in [0, 0.1) is 10.1 Å². The first-order valence-corrected chi connectivity index (χ1v) is 8.96. The lowest BCUT2D eigenvalue weighted by Crippen LogP contribution is -2.21. The molecule has 1 amide bonds. The third-order valence-electron chi connectivity index (χ3n) is 3.82. The Morgan fingerprint density at radius 3 is 2.41 bits per heavy atom. The molecule has 0 saturated heterocycles. The van der Waals surface area contributed by atoms with Crippen molar-refractivity contribution < 1.29 is 19.2 Å². The maximum Gasteiger partial charge on any atom is 0.271 e. The Morgan fingerprint density at radius 1 is 1.19 bits per heavy atom. The number of anilines is 1.